The van der Waals surface area contributed by atoms with Gasteiger partial charge >= 0.3 is 5.97 Å². The summed E-state index contributed by atoms with van der Waals surface area (Å²) >= 11 is 0. The highest BCUT2D eigenvalue weighted by Crippen LogP contribution is 2.33. The first-order valence-corrected chi connectivity index (χ1v) is 13.2. The van der Waals surface area contributed by atoms with Crippen molar-refractivity contribution in [2.45, 2.75) is 17.9 Å². The van der Waals surface area contributed by atoms with E-state index in [4.69, 9.17) is 10.5 Å². The molecule has 10 heteroatoms. The van der Waals surface area contributed by atoms with Gasteiger partial charge in [0.1, 0.15) is 23.9 Å². The molecule has 170 valence electrons. The van der Waals surface area contributed by atoms with E-state index >= 15 is 0 Å². The molecule has 2 N–H and O–H groups in total. The van der Waals surface area contributed by atoms with Crippen molar-refractivity contribution in [2.24, 2.45) is 0 Å². The molecule has 5 rings (SSSR count). The maximum Gasteiger partial charge on any atom is 0.338 e. The molecule has 4 aromatic rings. The number of hydrogen-bond acceptors (Lipinski definition) is 8. The van der Waals surface area contributed by atoms with Gasteiger partial charge in [-0.3, -0.25) is 0 Å². The topological polar surface area (TPSA) is 113 Å². The highest BCUT2D eigenvalue weighted by atomic mass is 33.1. The number of nitrogens with two attached hydrogens (primary N) is 1. The van der Waals surface area contributed by atoms with E-state index in [0.717, 1.165) is 5.56 Å². The molecule has 1 saturated heterocycles. The van der Waals surface area contributed by atoms with Gasteiger partial charge in [-0.05, 0) is 30.2 Å². The molecule has 0 spiro atoms. The van der Waals surface area contributed by atoms with Crippen molar-refractivity contribution in [1.82, 2.24) is 19.7 Å². The second-order valence-corrected chi connectivity index (χ2v) is 11.0. The van der Waals surface area contributed by atoms with Gasteiger partial charge in [0.2, 0.25) is 0 Å². The Balaban J connectivity index is 1.44. The Morgan fingerprint density at radius 3 is 2.62 bits per heavy atom. The number of aromatic nitrogens is 4. The van der Waals surface area contributed by atoms with Crippen molar-refractivity contribution in [3.8, 4) is 11.8 Å². The summed E-state index contributed by atoms with van der Waals surface area (Å²) in [6, 6.07) is 18.3. The van der Waals surface area contributed by atoms with E-state index in [1.165, 1.54) is 17.1 Å². The summed E-state index contributed by atoms with van der Waals surface area (Å²) in [4.78, 5) is 21.0. The summed E-state index contributed by atoms with van der Waals surface area (Å²) in [6.07, 6.45) is 0.840. The second-order valence-electron chi connectivity index (χ2n) is 7.52. The SMILES string of the molecule is Nc1ncnc2c1c(C#Cc1ccccc1)nn2CC1SS(=O)CC1OC(=O)c1ccccc1. The van der Waals surface area contributed by atoms with Crippen molar-refractivity contribution in [2.75, 3.05) is 11.5 Å². The Hall–Kier alpha value is -3.68. The largest absolute Gasteiger partial charge is 0.456 e. The van der Waals surface area contributed by atoms with Crippen LogP contribution in [0.4, 0.5) is 5.82 Å². The Morgan fingerprint density at radius 1 is 1.12 bits per heavy atom. The first kappa shape index (κ1) is 22.1. The minimum Gasteiger partial charge on any atom is -0.456 e. The van der Waals surface area contributed by atoms with Gasteiger partial charge in [0, 0.05) is 5.56 Å². The summed E-state index contributed by atoms with van der Waals surface area (Å²) in [5, 5.41) is 4.92. The number of carbonyl (C=O) groups is 1. The van der Waals surface area contributed by atoms with Crippen molar-refractivity contribution >= 4 is 43.4 Å². The molecule has 2 aromatic carbocycles. The van der Waals surface area contributed by atoms with Gasteiger partial charge in [-0.15, -0.1) is 0 Å². The molecule has 0 radical (unpaired) electrons. The van der Waals surface area contributed by atoms with Gasteiger partial charge in [0.15, 0.2) is 5.65 Å². The molecule has 0 bridgehead atoms. The van der Waals surface area contributed by atoms with Crippen LogP contribution in [0.2, 0.25) is 0 Å². The zero-order chi connectivity index (χ0) is 23.5. The Bertz CT molecular complexity index is 1430. The molecule has 0 saturated carbocycles. The van der Waals surface area contributed by atoms with Crippen LogP contribution >= 0.6 is 10.8 Å². The van der Waals surface area contributed by atoms with Crippen LogP contribution in [-0.2, 0) is 21.1 Å². The predicted octanol–water partition coefficient (Wildman–Crippen LogP) is 2.81. The Morgan fingerprint density at radius 2 is 1.85 bits per heavy atom. The smallest absolute Gasteiger partial charge is 0.338 e. The number of esters is 1. The van der Waals surface area contributed by atoms with Crippen LogP contribution in [0.3, 0.4) is 0 Å². The first-order valence-electron chi connectivity index (χ1n) is 10.4. The minimum atomic E-state index is -1.18. The van der Waals surface area contributed by atoms with Crippen LogP contribution in [0.15, 0.2) is 67.0 Å². The van der Waals surface area contributed by atoms with E-state index in [-0.39, 0.29) is 16.8 Å². The summed E-state index contributed by atoms with van der Waals surface area (Å²) in [5.41, 5.74) is 8.41. The monoisotopic (exact) mass is 489 g/mol. The first-order chi connectivity index (χ1) is 16.6. The molecular formula is C24H19N5O3S2. The van der Waals surface area contributed by atoms with Gasteiger partial charge < -0.3 is 10.5 Å². The molecule has 1 aliphatic heterocycles. The number of carbonyl (C=O) groups excluding carboxylic acids is 1. The van der Waals surface area contributed by atoms with Crippen molar-refractivity contribution in [3.63, 3.8) is 0 Å². The molecule has 0 aliphatic carbocycles. The number of fused-ring (bicyclic) bond motifs is 1. The van der Waals surface area contributed by atoms with Crippen LogP contribution in [0.1, 0.15) is 21.6 Å². The fourth-order valence-electron chi connectivity index (χ4n) is 3.59. The normalized spacial score (nSPS) is 19.5. The van der Waals surface area contributed by atoms with Gasteiger partial charge in [0.05, 0.1) is 38.3 Å². The standard InChI is InChI=1S/C24H19N5O3S2/c25-22-21-18(12-11-16-7-3-1-4-8-16)28-29(23(21)27-15-26-22)13-20-19(14-34(31)33-20)32-24(30)17-9-5-2-6-10-17/h1-10,15,19-20H,13-14H2,(H2,25,26,27). The van der Waals surface area contributed by atoms with Gasteiger partial charge in [-0.2, -0.15) is 5.10 Å². The van der Waals surface area contributed by atoms with Gasteiger partial charge in [-0.25, -0.2) is 23.7 Å². The summed E-state index contributed by atoms with van der Waals surface area (Å²) in [5.74, 6) is 6.25. The number of benzene rings is 2. The fourth-order valence-corrected chi connectivity index (χ4v) is 7.13. The molecule has 3 heterocycles. The lowest BCUT2D eigenvalue weighted by Gasteiger charge is -2.18. The van der Waals surface area contributed by atoms with Crippen molar-refractivity contribution < 1.29 is 13.7 Å². The molecule has 1 aliphatic rings. The highest BCUT2D eigenvalue weighted by molar-refractivity contribution is 8.69. The third kappa shape index (κ3) is 4.66. The molecule has 1 fully saturated rings. The lowest BCUT2D eigenvalue weighted by molar-refractivity contribution is 0.0341. The molecule has 8 nitrogen and oxygen atoms in total. The molecular weight excluding hydrogens is 470 g/mol. The van der Waals surface area contributed by atoms with E-state index in [1.807, 2.05) is 36.4 Å². The third-order valence-corrected chi connectivity index (χ3v) is 8.53. The number of hydrogen-bond donors (Lipinski definition) is 1. The average Bonchev–Trinajstić information content (AvgIpc) is 3.39. The molecule has 3 unspecified atom stereocenters. The predicted molar refractivity (Wildman–Crippen MR) is 132 cm³/mol. The Labute approximate surface area is 201 Å². The maximum atomic E-state index is 12.6. The number of rotatable bonds is 4. The Kier molecular flexibility index (Phi) is 6.29. The number of anilines is 1. The summed E-state index contributed by atoms with van der Waals surface area (Å²) < 4.78 is 19.7. The van der Waals surface area contributed by atoms with Crippen LogP contribution in [0.5, 0.6) is 0 Å². The number of nitrogens with zero attached hydrogens (tertiary/aromatic N) is 4. The molecule has 0 amide bonds. The van der Waals surface area contributed by atoms with Crippen LogP contribution < -0.4 is 5.73 Å². The van der Waals surface area contributed by atoms with Crippen LogP contribution in [-0.4, -0.2) is 47.0 Å². The maximum absolute atomic E-state index is 12.6. The van der Waals surface area contributed by atoms with Crippen LogP contribution in [0, 0.1) is 11.8 Å². The lowest BCUT2D eigenvalue weighted by atomic mass is 10.2. The molecule has 34 heavy (non-hydrogen) atoms. The summed E-state index contributed by atoms with van der Waals surface area (Å²) in [7, 11) is 0.0852. The van der Waals surface area contributed by atoms with Gasteiger partial charge in [0.25, 0.3) is 0 Å². The van der Waals surface area contributed by atoms with E-state index in [9.17, 15) is 9.00 Å². The van der Waals surface area contributed by atoms with Crippen molar-refractivity contribution in [3.05, 3.63) is 83.8 Å². The summed E-state index contributed by atoms with van der Waals surface area (Å²) in [6.45, 7) is 0.323. The quantitative estimate of drug-likeness (QED) is 0.265. The highest BCUT2D eigenvalue weighted by Gasteiger charge is 2.37. The number of ether oxygens (including phenoxy) is 1. The van der Waals surface area contributed by atoms with Gasteiger partial charge in [-0.1, -0.05) is 53.1 Å². The van der Waals surface area contributed by atoms with E-state index in [0.29, 0.717) is 28.8 Å². The van der Waals surface area contributed by atoms with E-state index in [2.05, 4.69) is 26.9 Å². The average molecular weight is 490 g/mol. The molecule has 3 atom stereocenters. The lowest BCUT2D eigenvalue weighted by Crippen LogP contribution is -2.31. The zero-order valence-electron chi connectivity index (χ0n) is 17.8. The van der Waals surface area contributed by atoms with Crippen molar-refractivity contribution in [1.29, 1.82) is 0 Å². The van der Waals surface area contributed by atoms with E-state index < -0.39 is 21.9 Å². The van der Waals surface area contributed by atoms with Crippen LogP contribution in [0.25, 0.3) is 11.0 Å². The molecule has 2 aromatic heterocycles. The zero-order valence-corrected chi connectivity index (χ0v) is 19.5. The van der Waals surface area contributed by atoms with E-state index in [1.54, 1.807) is 28.9 Å². The second kappa shape index (κ2) is 9.67. The third-order valence-electron chi connectivity index (χ3n) is 5.22. The minimum absolute atomic E-state index is 0.255. The number of nitrogen functional groups attached to an aromatic ring is 1. The fraction of sp³-hybridized carbons (Fsp3) is 0.167.